The van der Waals surface area contributed by atoms with Gasteiger partial charge in [0.05, 0.1) is 0 Å². The lowest BCUT2D eigenvalue weighted by molar-refractivity contribution is 1.32. The minimum atomic E-state index is 0. The first-order valence-electron chi connectivity index (χ1n) is 2.46. The monoisotopic (exact) mass is 141 g/mol. The van der Waals surface area contributed by atoms with Crippen LogP contribution in [0.25, 0.3) is 6.08 Å². The highest BCUT2D eigenvalue weighted by Crippen LogP contribution is 1.94. The van der Waals surface area contributed by atoms with Crippen LogP contribution in [-0.4, -0.2) is 4.98 Å². The van der Waals surface area contributed by atoms with Crippen molar-refractivity contribution >= 4 is 18.5 Å². The third kappa shape index (κ3) is 2.29. The molecule has 0 fully saturated rings. The zero-order valence-corrected chi connectivity index (χ0v) is 5.77. The van der Waals surface area contributed by atoms with Crippen LogP contribution < -0.4 is 0 Å². The maximum atomic E-state index is 3.88. The Hall–Kier alpha value is -0.820. The molecular formula is C7H8ClN. The van der Waals surface area contributed by atoms with Gasteiger partial charge in [0, 0.05) is 12.4 Å². The van der Waals surface area contributed by atoms with Gasteiger partial charge in [0.15, 0.2) is 0 Å². The second-order valence-corrected chi connectivity index (χ2v) is 1.49. The number of rotatable bonds is 1. The van der Waals surface area contributed by atoms with Gasteiger partial charge in [-0.3, -0.25) is 4.98 Å². The number of nitrogens with zero attached hydrogens (tertiary/aromatic N) is 1. The molecule has 0 N–H and O–H groups in total. The van der Waals surface area contributed by atoms with Gasteiger partial charge in [-0.2, -0.15) is 0 Å². The van der Waals surface area contributed by atoms with E-state index in [9.17, 15) is 0 Å². The molecule has 1 heterocycles. The molecule has 0 amide bonds. The zero-order valence-electron chi connectivity index (χ0n) is 4.95. The van der Waals surface area contributed by atoms with Crippen molar-refractivity contribution in [1.29, 1.82) is 0 Å². The first-order valence-corrected chi connectivity index (χ1v) is 2.46. The molecule has 0 saturated carbocycles. The Balaban J connectivity index is 0.000000640. The fourth-order valence-corrected chi connectivity index (χ4v) is 0.497. The Morgan fingerprint density at radius 1 is 1.56 bits per heavy atom. The number of aromatic nitrogens is 1. The predicted molar refractivity (Wildman–Crippen MR) is 41.6 cm³/mol. The molecule has 1 rings (SSSR count). The lowest BCUT2D eigenvalue weighted by Gasteiger charge is -1.84. The molecule has 1 aromatic rings. The largest absolute Gasteiger partial charge is 0.264 e. The molecule has 48 valence electrons. The fourth-order valence-electron chi connectivity index (χ4n) is 0.497. The lowest BCUT2D eigenvalue weighted by Crippen LogP contribution is -1.70. The fraction of sp³-hybridized carbons (Fsp3) is 0. The van der Waals surface area contributed by atoms with Crippen molar-refractivity contribution in [3.63, 3.8) is 0 Å². The quantitative estimate of drug-likeness (QED) is 0.584. The molecule has 9 heavy (non-hydrogen) atoms. The van der Waals surface area contributed by atoms with Gasteiger partial charge in [-0.05, 0) is 11.6 Å². The van der Waals surface area contributed by atoms with Crippen LogP contribution in [0.1, 0.15) is 5.56 Å². The van der Waals surface area contributed by atoms with Crippen LogP contribution in [0.3, 0.4) is 0 Å². The molecule has 0 radical (unpaired) electrons. The van der Waals surface area contributed by atoms with Gasteiger partial charge >= 0.3 is 0 Å². The van der Waals surface area contributed by atoms with Crippen LogP contribution >= 0.6 is 12.4 Å². The highest BCUT2D eigenvalue weighted by Gasteiger charge is 1.77. The summed E-state index contributed by atoms with van der Waals surface area (Å²) in [5.41, 5.74) is 1.06. The summed E-state index contributed by atoms with van der Waals surface area (Å²) in [5, 5.41) is 0. The van der Waals surface area contributed by atoms with Crippen molar-refractivity contribution in [2.75, 3.05) is 0 Å². The maximum absolute atomic E-state index is 3.88. The summed E-state index contributed by atoms with van der Waals surface area (Å²) in [5.74, 6) is 0. The number of hydrogen-bond donors (Lipinski definition) is 0. The van der Waals surface area contributed by atoms with Gasteiger partial charge < -0.3 is 0 Å². The van der Waals surface area contributed by atoms with Crippen molar-refractivity contribution in [2.24, 2.45) is 0 Å². The highest BCUT2D eigenvalue weighted by atomic mass is 35.5. The maximum Gasteiger partial charge on any atom is 0.0340 e. The summed E-state index contributed by atoms with van der Waals surface area (Å²) in [6.45, 7) is 3.59. The Morgan fingerprint density at radius 3 is 2.67 bits per heavy atom. The molecule has 0 atom stereocenters. The summed E-state index contributed by atoms with van der Waals surface area (Å²) < 4.78 is 0. The number of hydrogen-bond acceptors (Lipinski definition) is 1. The van der Waals surface area contributed by atoms with Crippen LogP contribution in [0.4, 0.5) is 0 Å². The molecule has 0 unspecified atom stereocenters. The van der Waals surface area contributed by atoms with E-state index in [4.69, 9.17) is 0 Å². The molecule has 0 spiro atoms. The van der Waals surface area contributed by atoms with E-state index in [-0.39, 0.29) is 12.4 Å². The van der Waals surface area contributed by atoms with E-state index < -0.39 is 0 Å². The summed E-state index contributed by atoms with van der Waals surface area (Å²) in [4.78, 5) is 3.88. The number of halogens is 1. The molecular weight excluding hydrogens is 134 g/mol. The third-order valence-corrected chi connectivity index (χ3v) is 0.920. The summed E-state index contributed by atoms with van der Waals surface area (Å²) in [6.07, 6.45) is 5.28. The molecule has 0 aromatic carbocycles. The lowest BCUT2D eigenvalue weighted by atomic mass is 10.3. The first-order chi connectivity index (χ1) is 3.93. The van der Waals surface area contributed by atoms with E-state index in [1.165, 1.54) is 0 Å². The van der Waals surface area contributed by atoms with Crippen molar-refractivity contribution in [3.8, 4) is 0 Å². The number of pyridine rings is 1. The SMILES string of the molecule is C=Cc1cccnc1.Cl. The second kappa shape index (κ2) is 4.10. The van der Waals surface area contributed by atoms with E-state index in [1.807, 2.05) is 12.1 Å². The van der Waals surface area contributed by atoms with Crippen LogP contribution in [-0.2, 0) is 0 Å². The van der Waals surface area contributed by atoms with Crippen molar-refractivity contribution in [2.45, 2.75) is 0 Å². The summed E-state index contributed by atoms with van der Waals surface area (Å²) in [6, 6.07) is 3.84. The predicted octanol–water partition coefficient (Wildman–Crippen LogP) is 2.15. The Kier molecular flexibility index (Phi) is 3.72. The van der Waals surface area contributed by atoms with E-state index >= 15 is 0 Å². The van der Waals surface area contributed by atoms with Gasteiger partial charge in [0.25, 0.3) is 0 Å². The molecule has 0 saturated heterocycles. The minimum Gasteiger partial charge on any atom is -0.264 e. The molecule has 0 aliphatic rings. The van der Waals surface area contributed by atoms with Gasteiger partial charge in [0.2, 0.25) is 0 Å². The van der Waals surface area contributed by atoms with E-state index in [2.05, 4.69) is 11.6 Å². The summed E-state index contributed by atoms with van der Waals surface area (Å²) in [7, 11) is 0. The van der Waals surface area contributed by atoms with Crippen LogP contribution in [0, 0.1) is 0 Å². The van der Waals surface area contributed by atoms with E-state index in [0.717, 1.165) is 5.56 Å². The average Bonchev–Trinajstić information content (AvgIpc) is 1.90. The smallest absolute Gasteiger partial charge is 0.0340 e. The molecule has 1 aromatic heterocycles. The molecule has 1 nitrogen and oxygen atoms in total. The van der Waals surface area contributed by atoms with E-state index in [1.54, 1.807) is 18.5 Å². The average molecular weight is 142 g/mol. The van der Waals surface area contributed by atoms with E-state index in [0.29, 0.717) is 0 Å². The third-order valence-electron chi connectivity index (χ3n) is 0.920. The standard InChI is InChI=1S/C7H7N.ClH/c1-2-7-4-3-5-8-6-7;/h2-6H,1H2;1H. The van der Waals surface area contributed by atoms with Crippen LogP contribution in [0.15, 0.2) is 31.1 Å². The van der Waals surface area contributed by atoms with Gasteiger partial charge in [-0.15, -0.1) is 12.4 Å². The van der Waals surface area contributed by atoms with Gasteiger partial charge in [-0.25, -0.2) is 0 Å². The normalized spacial score (nSPS) is 7.56. The highest BCUT2D eigenvalue weighted by molar-refractivity contribution is 5.85. The van der Waals surface area contributed by atoms with Crippen molar-refractivity contribution < 1.29 is 0 Å². The molecule has 0 aliphatic heterocycles. The van der Waals surface area contributed by atoms with Crippen molar-refractivity contribution in [3.05, 3.63) is 36.7 Å². The molecule has 0 aliphatic carbocycles. The van der Waals surface area contributed by atoms with Crippen LogP contribution in [0.2, 0.25) is 0 Å². The molecule has 0 bridgehead atoms. The Labute approximate surface area is 60.8 Å². The van der Waals surface area contributed by atoms with Gasteiger partial charge in [-0.1, -0.05) is 18.7 Å². The van der Waals surface area contributed by atoms with Crippen LogP contribution in [0.5, 0.6) is 0 Å². The second-order valence-electron chi connectivity index (χ2n) is 1.49. The van der Waals surface area contributed by atoms with Crippen molar-refractivity contribution in [1.82, 2.24) is 4.98 Å². The minimum absolute atomic E-state index is 0. The Morgan fingerprint density at radius 2 is 2.33 bits per heavy atom. The topological polar surface area (TPSA) is 12.9 Å². The Bertz CT molecular complexity index is 172. The van der Waals surface area contributed by atoms with Gasteiger partial charge in [0.1, 0.15) is 0 Å². The first kappa shape index (κ1) is 8.18. The molecule has 2 heteroatoms. The summed E-state index contributed by atoms with van der Waals surface area (Å²) >= 11 is 0. The zero-order chi connectivity index (χ0) is 5.82.